The van der Waals surface area contributed by atoms with Gasteiger partial charge >= 0.3 is 6.03 Å². The third-order valence-electron chi connectivity index (χ3n) is 3.14. The maximum Gasteiger partial charge on any atom is 0.328 e. The fraction of sp³-hybridized carbons (Fsp3) is 0.250. The second-order valence-electron chi connectivity index (χ2n) is 4.56. The lowest BCUT2D eigenvalue weighted by Crippen LogP contribution is -2.30. The van der Waals surface area contributed by atoms with Crippen LogP contribution in [0, 0.1) is 15.9 Å². The molecule has 0 atom stereocenters. The van der Waals surface area contributed by atoms with Crippen molar-refractivity contribution in [3.8, 4) is 23.8 Å². The third-order valence-corrected chi connectivity index (χ3v) is 3.94. The number of ether oxygens (including phenoxy) is 2. The Kier molecular flexibility index (Phi) is 5.50. The number of halogens is 1. The molecule has 6 nitrogen and oxygen atoms in total. The first-order valence-corrected chi connectivity index (χ1v) is 7.88. The van der Waals surface area contributed by atoms with Gasteiger partial charge in [-0.15, -0.1) is 6.42 Å². The van der Waals surface area contributed by atoms with Crippen molar-refractivity contribution in [1.29, 1.82) is 0 Å². The van der Waals surface area contributed by atoms with E-state index in [1.165, 1.54) is 7.11 Å². The Morgan fingerprint density at radius 1 is 1.43 bits per heavy atom. The van der Waals surface area contributed by atoms with Gasteiger partial charge in [0.1, 0.15) is 12.3 Å². The van der Waals surface area contributed by atoms with E-state index in [0.717, 1.165) is 8.47 Å². The molecule has 1 N–H and O–H groups in total. The average molecular weight is 426 g/mol. The zero-order valence-corrected chi connectivity index (χ0v) is 14.8. The van der Waals surface area contributed by atoms with Crippen LogP contribution in [-0.2, 0) is 4.79 Å². The van der Waals surface area contributed by atoms with Crippen molar-refractivity contribution < 1.29 is 19.1 Å². The molecule has 1 heterocycles. The van der Waals surface area contributed by atoms with Gasteiger partial charge in [-0.1, -0.05) is 5.92 Å². The van der Waals surface area contributed by atoms with Crippen molar-refractivity contribution in [1.82, 2.24) is 10.2 Å². The molecule has 1 saturated heterocycles. The van der Waals surface area contributed by atoms with Gasteiger partial charge in [-0.2, -0.15) is 0 Å². The molecule has 0 unspecified atom stereocenters. The SMILES string of the molecule is C#CCOc1c(I)cc(/C=C2/NC(=O)N(CC)C2=O)cc1OC. The smallest absolute Gasteiger partial charge is 0.328 e. The minimum atomic E-state index is -0.417. The van der Waals surface area contributed by atoms with Crippen LogP contribution in [0.25, 0.3) is 6.08 Å². The highest BCUT2D eigenvalue weighted by molar-refractivity contribution is 14.1. The Morgan fingerprint density at radius 2 is 2.17 bits per heavy atom. The van der Waals surface area contributed by atoms with Crippen molar-refractivity contribution in [2.45, 2.75) is 6.92 Å². The number of terminal acetylenes is 1. The normalized spacial score (nSPS) is 15.6. The van der Waals surface area contributed by atoms with Gasteiger partial charge in [0.25, 0.3) is 5.91 Å². The number of methoxy groups -OCH3 is 1. The van der Waals surface area contributed by atoms with Gasteiger partial charge in [0.05, 0.1) is 10.7 Å². The van der Waals surface area contributed by atoms with E-state index in [2.05, 4.69) is 33.8 Å². The van der Waals surface area contributed by atoms with E-state index >= 15 is 0 Å². The van der Waals surface area contributed by atoms with Crippen molar-refractivity contribution in [3.63, 3.8) is 0 Å². The number of carbonyl (C=O) groups excluding carboxylic acids is 2. The van der Waals surface area contributed by atoms with Crippen LogP contribution in [0.3, 0.4) is 0 Å². The average Bonchev–Trinajstić information content (AvgIpc) is 2.79. The molecule has 0 aliphatic carbocycles. The number of amides is 3. The highest BCUT2D eigenvalue weighted by atomic mass is 127. The van der Waals surface area contributed by atoms with Crippen LogP contribution in [-0.4, -0.2) is 37.1 Å². The van der Waals surface area contributed by atoms with E-state index in [0.29, 0.717) is 23.6 Å². The van der Waals surface area contributed by atoms with Crippen molar-refractivity contribution in [2.75, 3.05) is 20.3 Å². The molecule has 23 heavy (non-hydrogen) atoms. The minimum Gasteiger partial charge on any atom is -0.493 e. The van der Waals surface area contributed by atoms with Crippen LogP contribution in [0.5, 0.6) is 11.5 Å². The summed E-state index contributed by atoms with van der Waals surface area (Å²) in [5.41, 5.74) is 0.938. The Hall–Kier alpha value is -2.21. The van der Waals surface area contributed by atoms with Crippen LogP contribution < -0.4 is 14.8 Å². The molecule has 7 heteroatoms. The molecule has 0 bridgehead atoms. The van der Waals surface area contributed by atoms with Crippen molar-refractivity contribution in [3.05, 3.63) is 27.0 Å². The summed E-state index contributed by atoms with van der Waals surface area (Å²) < 4.78 is 11.6. The lowest BCUT2D eigenvalue weighted by atomic mass is 10.1. The predicted molar refractivity (Wildman–Crippen MR) is 93.9 cm³/mol. The lowest BCUT2D eigenvalue weighted by Gasteiger charge is -2.12. The lowest BCUT2D eigenvalue weighted by molar-refractivity contribution is -0.122. The van der Waals surface area contributed by atoms with Crippen LogP contribution in [0.2, 0.25) is 0 Å². The fourth-order valence-corrected chi connectivity index (χ4v) is 2.88. The summed E-state index contributed by atoms with van der Waals surface area (Å²) in [6.45, 7) is 2.19. The number of hydrogen-bond donors (Lipinski definition) is 1. The highest BCUT2D eigenvalue weighted by Gasteiger charge is 2.32. The Labute approximate surface area is 148 Å². The molecule has 0 radical (unpaired) electrons. The quantitative estimate of drug-likeness (QED) is 0.340. The summed E-state index contributed by atoms with van der Waals surface area (Å²) in [6, 6.07) is 3.12. The molecule has 2 rings (SSSR count). The van der Waals surface area contributed by atoms with Gasteiger partial charge in [-0.25, -0.2) is 4.79 Å². The molecule has 3 amide bonds. The number of rotatable bonds is 5. The molecule has 1 aliphatic rings. The van der Waals surface area contributed by atoms with Crippen LogP contribution in [0.15, 0.2) is 17.8 Å². The standard InChI is InChI=1S/C16H15IN2O4/c1-4-6-23-14-11(17)7-10(9-13(14)22-3)8-12-15(20)19(5-2)16(21)18-12/h1,7-9H,5-6H2,2-3H3,(H,18,21)/b12-8+. The van der Waals surface area contributed by atoms with Crippen LogP contribution >= 0.6 is 22.6 Å². The van der Waals surface area contributed by atoms with E-state index in [9.17, 15) is 9.59 Å². The first-order valence-electron chi connectivity index (χ1n) is 6.80. The maximum atomic E-state index is 12.1. The van der Waals surface area contributed by atoms with E-state index in [-0.39, 0.29) is 18.2 Å². The molecule has 1 aliphatic heterocycles. The molecule has 120 valence electrons. The van der Waals surface area contributed by atoms with Crippen LogP contribution in [0.1, 0.15) is 12.5 Å². The van der Waals surface area contributed by atoms with Gasteiger partial charge < -0.3 is 14.8 Å². The number of imide groups is 1. The van der Waals surface area contributed by atoms with E-state index in [4.69, 9.17) is 15.9 Å². The Bertz CT molecular complexity index is 722. The molecular weight excluding hydrogens is 411 g/mol. The topological polar surface area (TPSA) is 67.9 Å². The molecule has 0 saturated carbocycles. The number of benzene rings is 1. The summed E-state index contributed by atoms with van der Waals surface area (Å²) in [5, 5.41) is 2.56. The van der Waals surface area contributed by atoms with Crippen molar-refractivity contribution >= 4 is 40.6 Å². The highest BCUT2D eigenvalue weighted by Crippen LogP contribution is 2.34. The van der Waals surface area contributed by atoms with Crippen molar-refractivity contribution in [2.24, 2.45) is 0 Å². The first kappa shape index (κ1) is 17.1. The molecular formula is C16H15IN2O4. The molecule has 0 spiro atoms. The predicted octanol–water partition coefficient (Wildman–Crippen LogP) is 2.22. The summed E-state index contributed by atoms with van der Waals surface area (Å²) in [4.78, 5) is 24.9. The van der Waals surface area contributed by atoms with E-state index in [1.54, 1.807) is 19.1 Å². The van der Waals surface area contributed by atoms with Gasteiger partial charge in [-0.3, -0.25) is 9.69 Å². The van der Waals surface area contributed by atoms with Gasteiger partial charge in [-0.05, 0) is 53.3 Å². The fourth-order valence-electron chi connectivity index (χ4n) is 2.10. The summed E-state index contributed by atoms with van der Waals surface area (Å²) in [5.74, 6) is 3.10. The summed E-state index contributed by atoms with van der Waals surface area (Å²) in [6.07, 6.45) is 6.80. The number of nitrogens with zero attached hydrogens (tertiary/aromatic N) is 1. The molecule has 1 aromatic carbocycles. The number of hydrogen-bond acceptors (Lipinski definition) is 4. The third kappa shape index (κ3) is 3.59. The largest absolute Gasteiger partial charge is 0.493 e. The summed E-state index contributed by atoms with van der Waals surface area (Å²) in [7, 11) is 1.52. The Morgan fingerprint density at radius 3 is 2.74 bits per heavy atom. The molecule has 1 fully saturated rings. The first-order chi connectivity index (χ1) is 11.0. The monoisotopic (exact) mass is 426 g/mol. The van der Waals surface area contributed by atoms with Gasteiger partial charge in [0, 0.05) is 6.54 Å². The van der Waals surface area contributed by atoms with Gasteiger partial charge in [0.2, 0.25) is 0 Å². The summed E-state index contributed by atoms with van der Waals surface area (Å²) >= 11 is 2.10. The minimum absolute atomic E-state index is 0.132. The number of nitrogens with one attached hydrogen (secondary N) is 1. The van der Waals surface area contributed by atoms with E-state index < -0.39 is 6.03 Å². The number of carbonyl (C=O) groups is 2. The zero-order valence-electron chi connectivity index (χ0n) is 12.7. The number of urea groups is 1. The maximum absolute atomic E-state index is 12.1. The van der Waals surface area contributed by atoms with Crippen LogP contribution in [0.4, 0.5) is 4.79 Å². The van der Waals surface area contributed by atoms with Gasteiger partial charge in [0.15, 0.2) is 11.5 Å². The molecule has 1 aromatic rings. The van der Waals surface area contributed by atoms with E-state index in [1.807, 2.05) is 6.07 Å². The number of likely N-dealkylation sites (N-methyl/N-ethyl adjacent to an activating group) is 1. The zero-order chi connectivity index (χ0) is 17.0. The molecule has 0 aromatic heterocycles. The second-order valence-corrected chi connectivity index (χ2v) is 5.73. The Balaban J connectivity index is 2.37. The second kappa shape index (κ2) is 7.37.